The van der Waals surface area contributed by atoms with Crippen LogP contribution in [0, 0.1) is 0 Å². The quantitative estimate of drug-likeness (QED) is 0.149. The van der Waals surface area contributed by atoms with Crippen LogP contribution >= 0.6 is 23.4 Å². The average molecular weight is 581 g/mol. The standard InChI is InChI=1S/C30H29ClN2O6S/c1-3-5-15-39-29(36)23-16-20(11-12-24(23)31)32-27(34)18-33-28(35)26(40-30(33)37)17-22-21-9-7-6-8-19(21)10-13-25(22)38-14-4-2/h6-13,16-17H,3-5,14-15,18H2,1-2H3,(H,32,34)/b26-17-. The highest BCUT2D eigenvalue weighted by Gasteiger charge is 2.36. The molecule has 0 atom stereocenters. The Kier molecular flexibility index (Phi) is 9.84. The van der Waals surface area contributed by atoms with Crippen molar-refractivity contribution >= 4 is 68.9 Å². The van der Waals surface area contributed by atoms with Gasteiger partial charge in [-0.3, -0.25) is 19.3 Å². The van der Waals surface area contributed by atoms with Gasteiger partial charge < -0.3 is 14.8 Å². The van der Waals surface area contributed by atoms with Gasteiger partial charge in [0, 0.05) is 11.3 Å². The topological polar surface area (TPSA) is 102 Å². The summed E-state index contributed by atoms with van der Waals surface area (Å²) in [7, 11) is 0. The van der Waals surface area contributed by atoms with Gasteiger partial charge in [-0.05, 0) is 65.7 Å². The number of anilines is 1. The fraction of sp³-hybridized carbons (Fsp3) is 0.267. The van der Waals surface area contributed by atoms with Crippen molar-refractivity contribution in [1.82, 2.24) is 4.90 Å². The van der Waals surface area contributed by atoms with Gasteiger partial charge >= 0.3 is 5.97 Å². The molecular weight excluding hydrogens is 552 g/mol. The van der Waals surface area contributed by atoms with Crippen molar-refractivity contribution in [2.45, 2.75) is 33.1 Å². The number of nitrogens with zero attached hydrogens (tertiary/aromatic N) is 1. The minimum Gasteiger partial charge on any atom is -0.493 e. The lowest BCUT2D eigenvalue weighted by Gasteiger charge is -2.14. The first-order valence-electron chi connectivity index (χ1n) is 13.0. The summed E-state index contributed by atoms with van der Waals surface area (Å²) in [6.07, 6.45) is 4.05. The highest BCUT2D eigenvalue weighted by Crippen LogP contribution is 2.37. The molecule has 1 N–H and O–H groups in total. The number of fused-ring (bicyclic) bond motifs is 1. The van der Waals surface area contributed by atoms with Gasteiger partial charge in [0.05, 0.1) is 28.7 Å². The van der Waals surface area contributed by atoms with Crippen molar-refractivity contribution in [1.29, 1.82) is 0 Å². The zero-order valence-electron chi connectivity index (χ0n) is 22.2. The highest BCUT2D eigenvalue weighted by molar-refractivity contribution is 8.18. The van der Waals surface area contributed by atoms with Gasteiger partial charge in [0.2, 0.25) is 5.91 Å². The second-order valence-electron chi connectivity index (χ2n) is 9.05. The zero-order chi connectivity index (χ0) is 28.6. The van der Waals surface area contributed by atoms with Crippen LogP contribution < -0.4 is 10.1 Å². The summed E-state index contributed by atoms with van der Waals surface area (Å²) in [5, 5.41) is 4.10. The lowest BCUT2D eigenvalue weighted by molar-refractivity contribution is -0.127. The molecule has 0 aromatic heterocycles. The number of hydrogen-bond acceptors (Lipinski definition) is 7. The van der Waals surface area contributed by atoms with E-state index in [9.17, 15) is 19.2 Å². The van der Waals surface area contributed by atoms with Crippen molar-refractivity contribution in [3.05, 3.63) is 75.7 Å². The summed E-state index contributed by atoms with van der Waals surface area (Å²) in [6, 6.07) is 15.9. The Morgan fingerprint density at radius 2 is 1.82 bits per heavy atom. The number of nitrogens with one attached hydrogen (secondary N) is 1. The summed E-state index contributed by atoms with van der Waals surface area (Å²) in [5.41, 5.74) is 1.09. The Bertz CT molecular complexity index is 1490. The third-order valence-corrected chi connectivity index (χ3v) is 7.28. The largest absolute Gasteiger partial charge is 0.493 e. The molecule has 1 aliphatic rings. The number of rotatable bonds is 11. The van der Waals surface area contributed by atoms with Crippen molar-refractivity contribution in [3.63, 3.8) is 0 Å². The fourth-order valence-electron chi connectivity index (χ4n) is 4.02. The Labute approximate surface area is 241 Å². The molecule has 0 unspecified atom stereocenters. The minimum atomic E-state index is -0.603. The van der Waals surface area contributed by atoms with Crippen LogP contribution in [0.5, 0.6) is 5.75 Å². The van der Waals surface area contributed by atoms with Crippen LogP contribution in [0.1, 0.15) is 49.0 Å². The number of carbonyl (C=O) groups excluding carboxylic acids is 4. The lowest BCUT2D eigenvalue weighted by Crippen LogP contribution is -2.36. The van der Waals surface area contributed by atoms with E-state index >= 15 is 0 Å². The smallest absolute Gasteiger partial charge is 0.339 e. The zero-order valence-corrected chi connectivity index (χ0v) is 23.8. The third-order valence-electron chi connectivity index (χ3n) is 6.04. The third kappa shape index (κ3) is 6.84. The summed E-state index contributed by atoms with van der Waals surface area (Å²) in [6.45, 7) is 4.26. The van der Waals surface area contributed by atoms with Crippen molar-refractivity contribution < 1.29 is 28.7 Å². The molecule has 3 amide bonds. The SMILES string of the molecule is CCCCOC(=O)c1cc(NC(=O)CN2C(=O)S/C(=C\c3c(OCCC)ccc4ccccc34)C2=O)ccc1Cl. The second-order valence-corrected chi connectivity index (χ2v) is 10.4. The number of imide groups is 1. The van der Waals surface area contributed by atoms with Crippen molar-refractivity contribution in [3.8, 4) is 5.75 Å². The van der Waals surface area contributed by atoms with Crippen molar-refractivity contribution in [2.75, 3.05) is 25.1 Å². The predicted octanol–water partition coefficient (Wildman–Crippen LogP) is 6.91. The maximum atomic E-state index is 13.2. The van der Waals surface area contributed by atoms with Crippen LogP contribution in [-0.2, 0) is 14.3 Å². The number of esters is 1. The molecule has 0 saturated carbocycles. The molecule has 40 heavy (non-hydrogen) atoms. The summed E-state index contributed by atoms with van der Waals surface area (Å²) in [5.74, 6) is -1.16. The van der Waals surface area contributed by atoms with E-state index in [1.54, 1.807) is 6.08 Å². The Balaban J connectivity index is 1.50. The van der Waals surface area contributed by atoms with Gasteiger partial charge in [-0.1, -0.05) is 62.2 Å². The second kappa shape index (κ2) is 13.5. The molecule has 4 rings (SSSR count). The number of halogens is 1. The fourth-order valence-corrected chi connectivity index (χ4v) is 5.04. The van der Waals surface area contributed by atoms with Crippen LogP contribution in [0.2, 0.25) is 5.02 Å². The van der Waals surface area contributed by atoms with E-state index in [0.29, 0.717) is 17.9 Å². The lowest BCUT2D eigenvalue weighted by atomic mass is 10.0. The molecule has 0 aliphatic carbocycles. The average Bonchev–Trinajstić information content (AvgIpc) is 3.20. The van der Waals surface area contributed by atoms with Crippen LogP contribution in [0.15, 0.2) is 59.5 Å². The van der Waals surface area contributed by atoms with E-state index in [1.807, 2.05) is 50.2 Å². The molecule has 1 fully saturated rings. The van der Waals surface area contributed by atoms with Gasteiger partial charge in [0.15, 0.2) is 0 Å². The number of hydrogen-bond donors (Lipinski definition) is 1. The molecule has 3 aromatic rings. The number of carbonyl (C=O) groups is 4. The first-order chi connectivity index (χ1) is 19.3. The molecule has 0 radical (unpaired) electrons. The molecule has 8 nitrogen and oxygen atoms in total. The maximum Gasteiger partial charge on any atom is 0.339 e. The number of amides is 3. The van der Waals surface area contributed by atoms with Crippen LogP contribution in [0.3, 0.4) is 0 Å². The van der Waals surface area contributed by atoms with Gasteiger partial charge in [-0.25, -0.2) is 4.79 Å². The van der Waals surface area contributed by atoms with E-state index in [1.165, 1.54) is 18.2 Å². The number of benzene rings is 3. The molecule has 10 heteroatoms. The monoisotopic (exact) mass is 580 g/mol. The first kappa shape index (κ1) is 29.2. The van der Waals surface area contributed by atoms with E-state index in [-0.39, 0.29) is 27.8 Å². The van der Waals surface area contributed by atoms with E-state index in [4.69, 9.17) is 21.1 Å². The van der Waals surface area contributed by atoms with E-state index in [0.717, 1.165) is 46.7 Å². The molecule has 1 heterocycles. The number of ether oxygens (including phenoxy) is 2. The molecule has 3 aromatic carbocycles. The molecule has 0 bridgehead atoms. The number of thioether (sulfide) groups is 1. The normalized spacial score (nSPS) is 14.2. The summed E-state index contributed by atoms with van der Waals surface area (Å²) in [4.78, 5) is 52.2. The first-order valence-corrected chi connectivity index (χ1v) is 14.2. The van der Waals surface area contributed by atoms with Gasteiger partial charge in [0.1, 0.15) is 12.3 Å². The Hall–Kier alpha value is -3.82. The summed E-state index contributed by atoms with van der Waals surface area (Å²) >= 11 is 6.91. The Morgan fingerprint density at radius 1 is 1.02 bits per heavy atom. The summed E-state index contributed by atoms with van der Waals surface area (Å²) < 4.78 is 11.1. The van der Waals surface area contributed by atoms with E-state index in [2.05, 4.69) is 5.32 Å². The maximum absolute atomic E-state index is 13.2. The molecule has 208 valence electrons. The molecule has 1 saturated heterocycles. The highest BCUT2D eigenvalue weighted by atomic mass is 35.5. The Morgan fingerprint density at radius 3 is 2.60 bits per heavy atom. The minimum absolute atomic E-state index is 0.112. The number of unbranched alkanes of at least 4 members (excludes halogenated alkanes) is 1. The van der Waals surface area contributed by atoms with Crippen LogP contribution in [-0.4, -0.2) is 47.7 Å². The molecular formula is C30H29ClN2O6S. The molecule has 0 spiro atoms. The van der Waals surface area contributed by atoms with Crippen LogP contribution in [0.25, 0.3) is 16.8 Å². The van der Waals surface area contributed by atoms with Crippen molar-refractivity contribution in [2.24, 2.45) is 0 Å². The van der Waals surface area contributed by atoms with Gasteiger partial charge in [0.25, 0.3) is 11.1 Å². The van der Waals surface area contributed by atoms with E-state index < -0.39 is 29.6 Å². The van der Waals surface area contributed by atoms with Crippen LogP contribution in [0.4, 0.5) is 10.5 Å². The van der Waals surface area contributed by atoms with Gasteiger partial charge in [-0.15, -0.1) is 0 Å². The predicted molar refractivity (Wildman–Crippen MR) is 158 cm³/mol. The molecule has 1 aliphatic heterocycles. The van der Waals surface area contributed by atoms with Gasteiger partial charge in [-0.2, -0.15) is 0 Å².